The molecular formula is C13H24BNO. The fraction of sp³-hybridized carbons (Fsp3) is 1.00. The van der Waals surface area contributed by atoms with Crippen molar-refractivity contribution in [2.75, 3.05) is 13.1 Å². The number of hydrogen-bond acceptors (Lipinski definition) is 2. The summed E-state index contributed by atoms with van der Waals surface area (Å²) in [5.41, 5.74) is 0. The van der Waals surface area contributed by atoms with Gasteiger partial charge in [0, 0.05) is 25.1 Å². The molecule has 1 saturated heterocycles. The van der Waals surface area contributed by atoms with Crippen LogP contribution >= 0.6 is 0 Å². The molecule has 2 rings (SSSR count). The molecule has 1 aliphatic heterocycles. The van der Waals surface area contributed by atoms with Crippen LogP contribution in [0.25, 0.3) is 0 Å². The van der Waals surface area contributed by atoms with Crippen LogP contribution in [-0.2, 0) is 4.74 Å². The summed E-state index contributed by atoms with van der Waals surface area (Å²) in [4.78, 5) is 2.59. The van der Waals surface area contributed by atoms with Gasteiger partial charge in [0.05, 0.1) is 6.10 Å². The van der Waals surface area contributed by atoms with Crippen molar-refractivity contribution in [3.05, 3.63) is 0 Å². The molecule has 1 heterocycles. The van der Waals surface area contributed by atoms with Crippen molar-refractivity contribution in [2.45, 2.75) is 70.0 Å². The zero-order valence-corrected chi connectivity index (χ0v) is 10.5. The van der Waals surface area contributed by atoms with Gasteiger partial charge >= 0.3 is 0 Å². The normalized spacial score (nSPS) is 34.1. The maximum Gasteiger partial charge on any atom is 0.110 e. The molecule has 0 aromatic carbocycles. The van der Waals surface area contributed by atoms with Gasteiger partial charge in [0.25, 0.3) is 0 Å². The Kier molecular flexibility index (Phi) is 4.72. The van der Waals surface area contributed by atoms with Crippen molar-refractivity contribution < 1.29 is 4.74 Å². The molecule has 3 heteroatoms. The number of rotatable bonds is 3. The third-order valence-corrected chi connectivity index (χ3v) is 3.92. The Morgan fingerprint density at radius 1 is 1.19 bits per heavy atom. The van der Waals surface area contributed by atoms with Gasteiger partial charge in [0.2, 0.25) is 0 Å². The third-order valence-electron chi connectivity index (χ3n) is 3.92. The first-order chi connectivity index (χ1) is 7.79. The van der Waals surface area contributed by atoms with Crippen molar-refractivity contribution in [3.8, 4) is 0 Å². The number of hydrogen-bond donors (Lipinski definition) is 0. The molecule has 0 aromatic rings. The molecule has 2 atom stereocenters. The third kappa shape index (κ3) is 3.24. The minimum Gasteiger partial charge on any atom is -0.382 e. The highest BCUT2D eigenvalue weighted by atomic mass is 16.5. The summed E-state index contributed by atoms with van der Waals surface area (Å²) in [5, 5.41) is 0. The van der Waals surface area contributed by atoms with Crippen LogP contribution < -0.4 is 0 Å². The minimum atomic E-state index is -0.0628. The molecule has 0 bridgehead atoms. The first-order valence-corrected chi connectivity index (χ1v) is 6.94. The summed E-state index contributed by atoms with van der Waals surface area (Å²) in [6.45, 7) is 4.26. The van der Waals surface area contributed by atoms with E-state index in [0.29, 0.717) is 6.10 Å². The second-order valence-corrected chi connectivity index (χ2v) is 5.33. The molecule has 0 N–H and O–H groups in total. The van der Waals surface area contributed by atoms with E-state index in [9.17, 15) is 0 Å². The van der Waals surface area contributed by atoms with E-state index in [0.717, 1.165) is 25.6 Å². The van der Waals surface area contributed by atoms with E-state index in [1.807, 2.05) is 0 Å². The smallest absolute Gasteiger partial charge is 0.110 e. The maximum atomic E-state index is 5.99. The lowest BCUT2D eigenvalue weighted by molar-refractivity contribution is -0.0701. The van der Waals surface area contributed by atoms with Crippen LogP contribution in [0.4, 0.5) is 0 Å². The SMILES string of the molecule is [B][C@H]1CN(C2CCCCC2)C[C@@H](CCC)O1. The zero-order chi connectivity index (χ0) is 11.4. The predicted octanol–water partition coefficient (Wildman–Crippen LogP) is 2.31. The fourth-order valence-corrected chi connectivity index (χ4v) is 3.13. The van der Waals surface area contributed by atoms with E-state index < -0.39 is 0 Å². The molecule has 0 amide bonds. The van der Waals surface area contributed by atoms with Crippen LogP contribution in [0, 0.1) is 0 Å². The van der Waals surface area contributed by atoms with Crippen molar-refractivity contribution >= 4 is 7.85 Å². The Morgan fingerprint density at radius 3 is 2.62 bits per heavy atom. The molecule has 2 aliphatic rings. The van der Waals surface area contributed by atoms with E-state index in [4.69, 9.17) is 12.6 Å². The van der Waals surface area contributed by atoms with Crippen molar-refractivity contribution in [1.29, 1.82) is 0 Å². The molecular weight excluding hydrogens is 197 g/mol. The van der Waals surface area contributed by atoms with E-state index in [-0.39, 0.29) is 6.00 Å². The minimum absolute atomic E-state index is 0.0628. The first-order valence-electron chi connectivity index (χ1n) is 6.94. The zero-order valence-electron chi connectivity index (χ0n) is 10.5. The Hall–Kier alpha value is -0.0151. The molecule has 0 aromatic heterocycles. The van der Waals surface area contributed by atoms with Crippen LogP contribution in [0.2, 0.25) is 0 Å². The van der Waals surface area contributed by atoms with Crippen LogP contribution in [0.5, 0.6) is 0 Å². The van der Waals surface area contributed by atoms with E-state index in [2.05, 4.69) is 11.8 Å². The van der Waals surface area contributed by atoms with Gasteiger partial charge in [-0.3, -0.25) is 4.90 Å². The molecule has 2 nitrogen and oxygen atoms in total. The molecule has 16 heavy (non-hydrogen) atoms. The summed E-state index contributed by atoms with van der Waals surface area (Å²) >= 11 is 0. The average molecular weight is 221 g/mol. The second-order valence-electron chi connectivity index (χ2n) is 5.33. The first kappa shape index (κ1) is 12.4. The highest BCUT2D eigenvalue weighted by Crippen LogP contribution is 2.25. The lowest BCUT2D eigenvalue weighted by Gasteiger charge is -2.42. The summed E-state index contributed by atoms with van der Waals surface area (Å²) in [6, 6.07) is 0.718. The van der Waals surface area contributed by atoms with Gasteiger partial charge in [-0.05, 0) is 19.3 Å². The Balaban J connectivity index is 1.87. The monoisotopic (exact) mass is 221 g/mol. The Labute approximate surface area is 101 Å². The highest BCUT2D eigenvalue weighted by molar-refractivity contribution is 6.11. The van der Waals surface area contributed by atoms with Gasteiger partial charge in [-0.25, -0.2) is 0 Å². The number of nitrogens with zero attached hydrogens (tertiary/aromatic N) is 1. The summed E-state index contributed by atoms with van der Waals surface area (Å²) in [7, 11) is 5.99. The van der Waals surface area contributed by atoms with Gasteiger partial charge in [0.1, 0.15) is 7.85 Å². The standard InChI is InChI=1S/C13H24BNO/c1-2-6-12-9-15(10-13(14)16-12)11-7-4-3-5-8-11/h11-13H,2-10H2,1H3/t12-,13-/m1/s1. The molecule has 0 spiro atoms. The Morgan fingerprint density at radius 2 is 1.94 bits per heavy atom. The Bertz CT molecular complexity index is 206. The molecule has 0 unspecified atom stereocenters. The van der Waals surface area contributed by atoms with Gasteiger partial charge in [-0.2, -0.15) is 0 Å². The lowest BCUT2D eigenvalue weighted by atomic mass is 9.90. The van der Waals surface area contributed by atoms with Gasteiger partial charge in [0.15, 0.2) is 0 Å². The van der Waals surface area contributed by atoms with Crippen molar-refractivity contribution in [1.82, 2.24) is 4.90 Å². The van der Waals surface area contributed by atoms with Gasteiger partial charge in [-0.15, -0.1) is 0 Å². The van der Waals surface area contributed by atoms with E-state index in [1.54, 1.807) is 0 Å². The van der Waals surface area contributed by atoms with Crippen molar-refractivity contribution in [2.24, 2.45) is 0 Å². The van der Waals surface area contributed by atoms with Crippen LogP contribution in [0.15, 0.2) is 0 Å². The average Bonchev–Trinajstić information content (AvgIpc) is 2.30. The lowest BCUT2D eigenvalue weighted by Crippen LogP contribution is -2.52. The quantitative estimate of drug-likeness (QED) is 0.678. The molecule has 1 aliphatic carbocycles. The predicted molar refractivity (Wildman–Crippen MR) is 67.8 cm³/mol. The largest absolute Gasteiger partial charge is 0.382 e. The highest BCUT2D eigenvalue weighted by Gasteiger charge is 2.29. The van der Waals surface area contributed by atoms with Crippen LogP contribution in [0.1, 0.15) is 51.9 Å². The van der Waals surface area contributed by atoms with E-state index >= 15 is 0 Å². The summed E-state index contributed by atoms with van der Waals surface area (Å²) in [5.74, 6) is 0. The summed E-state index contributed by atoms with van der Waals surface area (Å²) in [6.07, 6.45) is 9.66. The van der Waals surface area contributed by atoms with Crippen LogP contribution in [0.3, 0.4) is 0 Å². The molecule has 1 saturated carbocycles. The number of ether oxygens (including phenoxy) is 1. The van der Waals surface area contributed by atoms with Gasteiger partial charge < -0.3 is 4.74 Å². The topological polar surface area (TPSA) is 12.5 Å². The number of morpholine rings is 1. The molecule has 90 valence electrons. The molecule has 2 fully saturated rings. The van der Waals surface area contributed by atoms with Crippen LogP contribution in [-0.4, -0.2) is 44.0 Å². The molecule has 2 radical (unpaired) electrons. The summed E-state index contributed by atoms with van der Waals surface area (Å²) < 4.78 is 5.78. The van der Waals surface area contributed by atoms with Gasteiger partial charge in [-0.1, -0.05) is 32.6 Å². The fourth-order valence-electron chi connectivity index (χ4n) is 3.13. The van der Waals surface area contributed by atoms with E-state index in [1.165, 1.54) is 38.5 Å². The maximum absolute atomic E-state index is 5.99. The van der Waals surface area contributed by atoms with Crippen molar-refractivity contribution in [3.63, 3.8) is 0 Å². The second kappa shape index (κ2) is 6.06.